The van der Waals surface area contributed by atoms with E-state index in [9.17, 15) is 4.79 Å². The molecule has 1 amide bonds. The Labute approximate surface area is 152 Å². The lowest BCUT2D eigenvalue weighted by Crippen LogP contribution is -2.58. The lowest BCUT2D eigenvalue weighted by molar-refractivity contribution is 0.0137. The van der Waals surface area contributed by atoms with E-state index in [-0.39, 0.29) is 12.1 Å². The molecule has 1 fully saturated rings. The number of carbonyl (C=O) groups excluding carboxylic acids is 1. The molecular weight excluding hydrogens is 318 g/mol. The quantitative estimate of drug-likeness (QED) is 0.813. The summed E-state index contributed by atoms with van der Waals surface area (Å²) in [6.07, 6.45) is -0.219. The first-order valence-electron chi connectivity index (χ1n) is 9.52. The number of rotatable bonds is 5. The number of hydrogen-bond acceptors (Lipinski definition) is 6. The van der Waals surface area contributed by atoms with Gasteiger partial charge in [-0.1, -0.05) is 13.8 Å². The van der Waals surface area contributed by atoms with Crippen molar-refractivity contribution in [3.8, 4) is 0 Å². The zero-order chi connectivity index (χ0) is 18.6. The fourth-order valence-corrected chi connectivity index (χ4v) is 3.44. The third-order valence-corrected chi connectivity index (χ3v) is 4.85. The van der Waals surface area contributed by atoms with Gasteiger partial charge in [0.25, 0.3) is 0 Å². The lowest BCUT2D eigenvalue weighted by atomic mass is 10.2. The van der Waals surface area contributed by atoms with Crippen molar-refractivity contribution in [2.45, 2.75) is 59.2 Å². The van der Waals surface area contributed by atoms with Crippen molar-refractivity contribution in [2.75, 3.05) is 45.8 Å². The van der Waals surface area contributed by atoms with Crippen molar-refractivity contribution in [3.63, 3.8) is 0 Å². The summed E-state index contributed by atoms with van der Waals surface area (Å²) in [6.45, 7) is 18.2. The number of amides is 1. The SMILES string of the molecule is CCN(CC)C(C)CNC1=NCC2CN(C(=O)OC(C)(C)C)CCN12. The summed E-state index contributed by atoms with van der Waals surface area (Å²) in [5.41, 5.74) is -0.451. The van der Waals surface area contributed by atoms with E-state index in [0.29, 0.717) is 19.1 Å². The Morgan fingerprint density at radius 3 is 2.64 bits per heavy atom. The van der Waals surface area contributed by atoms with Crippen molar-refractivity contribution in [1.82, 2.24) is 20.0 Å². The van der Waals surface area contributed by atoms with Gasteiger partial charge in [-0.05, 0) is 40.8 Å². The fourth-order valence-electron chi connectivity index (χ4n) is 3.44. The van der Waals surface area contributed by atoms with Gasteiger partial charge in [0.05, 0.1) is 12.6 Å². The van der Waals surface area contributed by atoms with E-state index in [0.717, 1.165) is 38.7 Å². The molecule has 2 aliphatic rings. The van der Waals surface area contributed by atoms with Crippen LogP contribution in [0.2, 0.25) is 0 Å². The van der Waals surface area contributed by atoms with Crippen molar-refractivity contribution >= 4 is 12.1 Å². The summed E-state index contributed by atoms with van der Waals surface area (Å²) in [5, 5.41) is 3.51. The van der Waals surface area contributed by atoms with Crippen LogP contribution in [0.4, 0.5) is 4.79 Å². The van der Waals surface area contributed by atoms with E-state index in [1.807, 2.05) is 25.7 Å². The molecule has 0 bridgehead atoms. The highest BCUT2D eigenvalue weighted by Gasteiger charge is 2.36. The van der Waals surface area contributed by atoms with Crippen LogP contribution in [0.3, 0.4) is 0 Å². The number of piperazine rings is 1. The van der Waals surface area contributed by atoms with Gasteiger partial charge in [-0.15, -0.1) is 0 Å². The van der Waals surface area contributed by atoms with Gasteiger partial charge in [-0.2, -0.15) is 0 Å². The van der Waals surface area contributed by atoms with Crippen molar-refractivity contribution in [1.29, 1.82) is 0 Å². The molecular formula is C18H35N5O2. The summed E-state index contributed by atoms with van der Waals surface area (Å²) < 4.78 is 5.49. The zero-order valence-corrected chi connectivity index (χ0v) is 16.7. The van der Waals surface area contributed by atoms with E-state index in [4.69, 9.17) is 4.74 Å². The van der Waals surface area contributed by atoms with Crippen LogP contribution in [0, 0.1) is 0 Å². The number of ether oxygens (including phenoxy) is 1. The molecule has 7 heteroatoms. The van der Waals surface area contributed by atoms with E-state index < -0.39 is 5.60 Å². The predicted molar refractivity (Wildman–Crippen MR) is 101 cm³/mol. The summed E-state index contributed by atoms with van der Waals surface area (Å²) >= 11 is 0. The molecule has 2 atom stereocenters. The molecule has 0 saturated carbocycles. The third-order valence-electron chi connectivity index (χ3n) is 4.85. The van der Waals surface area contributed by atoms with Gasteiger partial charge < -0.3 is 19.9 Å². The van der Waals surface area contributed by atoms with Crippen LogP contribution in [0.5, 0.6) is 0 Å². The minimum absolute atomic E-state index is 0.219. The molecule has 0 aliphatic carbocycles. The summed E-state index contributed by atoms with van der Waals surface area (Å²) in [4.78, 5) is 23.5. The van der Waals surface area contributed by atoms with Crippen molar-refractivity contribution < 1.29 is 9.53 Å². The maximum atomic E-state index is 12.3. The Morgan fingerprint density at radius 1 is 1.36 bits per heavy atom. The van der Waals surface area contributed by atoms with Gasteiger partial charge in [-0.25, -0.2) is 4.79 Å². The molecule has 0 aromatic heterocycles. The van der Waals surface area contributed by atoms with Crippen LogP contribution < -0.4 is 5.32 Å². The molecule has 0 aromatic rings. The molecule has 0 spiro atoms. The van der Waals surface area contributed by atoms with Crippen LogP contribution in [0.25, 0.3) is 0 Å². The van der Waals surface area contributed by atoms with Gasteiger partial charge in [0.1, 0.15) is 5.60 Å². The van der Waals surface area contributed by atoms with Gasteiger partial charge in [0.15, 0.2) is 5.96 Å². The van der Waals surface area contributed by atoms with Crippen LogP contribution >= 0.6 is 0 Å². The average Bonchev–Trinajstić information content (AvgIpc) is 2.94. The number of hydrogen-bond donors (Lipinski definition) is 1. The number of nitrogens with one attached hydrogen (secondary N) is 1. The second-order valence-corrected chi connectivity index (χ2v) is 7.89. The van der Waals surface area contributed by atoms with Crippen LogP contribution in [-0.2, 0) is 4.74 Å². The first kappa shape index (κ1) is 19.8. The fraction of sp³-hybridized carbons (Fsp3) is 0.889. The number of carbonyl (C=O) groups is 1. The highest BCUT2D eigenvalue weighted by molar-refractivity contribution is 5.82. The molecule has 0 aromatic carbocycles. The number of nitrogens with zero attached hydrogens (tertiary/aromatic N) is 4. The first-order valence-corrected chi connectivity index (χ1v) is 9.52. The van der Waals surface area contributed by atoms with E-state index in [2.05, 4.69) is 40.9 Å². The van der Waals surface area contributed by atoms with Crippen LogP contribution in [-0.4, -0.2) is 90.3 Å². The minimum atomic E-state index is -0.451. The predicted octanol–water partition coefficient (Wildman–Crippen LogP) is 1.60. The smallest absolute Gasteiger partial charge is 0.410 e. The Morgan fingerprint density at radius 2 is 2.04 bits per heavy atom. The molecule has 2 aliphatic heterocycles. The van der Waals surface area contributed by atoms with Crippen LogP contribution in [0.1, 0.15) is 41.5 Å². The summed E-state index contributed by atoms with van der Waals surface area (Å²) in [6, 6.07) is 0.729. The minimum Gasteiger partial charge on any atom is -0.444 e. The maximum Gasteiger partial charge on any atom is 0.410 e. The van der Waals surface area contributed by atoms with Gasteiger partial charge in [0.2, 0.25) is 0 Å². The second kappa shape index (κ2) is 8.25. The standard InChI is InChI=1S/C18H35N5O2/c1-7-21(8-2)14(3)11-19-16-20-12-15-13-22(9-10-23(15)16)17(24)25-18(4,5)6/h14-15H,7-13H2,1-6H3,(H,19,20). The number of aliphatic imine (C=N–C) groups is 1. The Hall–Kier alpha value is -1.50. The molecule has 144 valence electrons. The Bertz CT molecular complexity index is 484. The van der Waals surface area contributed by atoms with E-state index in [1.54, 1.807) is 0 Å². The first-order chi connectivity index (χ1) is 11.7. The largest absolute Gasteiger partial charge is 0.444 e. The molecule has 1 saturated heterocycles. The zero-order valence-electron chi connectivity index (χ0n) is 16.7. The molecule has 0 radical (unpaired) electrons. The molecule has 25 heavy (non-hydrogen) atoms. The monoisotopic (exact) mass is 353 g/mol. The second-order valence-electron chi connectivity index (χ2n) is 7.89. The average molecular weight is 354 g/mol. The van der Waals surface area contributed by atoms with Crippen LogP contribution in [0.15, 0.2) is 4.99 Å². The summed E-state index contributed by atoms with van der Waals surface area (Å²) in [5.74, 6) is 0.979. The Balaban J connectivity index is 1.83. The van der Waals surface area contributed by atoms with Gasteiger partial charge >= 0.3 is 6.09 Å². The van der Waals surface area contributed by atoms with E-state index >= 15 is 0 Å². The number of guanidine groups is 1. The molecule has 2 rings (SSSR count). The molecule has 2 heterocycles. The van der Waals surface area contributed by atoms with Gasteiger partial charge in [0, 0.05) is 32.2 Å². The molecule has 1 N–H and O–H groups in total. The summed E-state index contributed by atoms with van der Waals surface area (Å²) in [7, 11) is 0. The van der Waals surface area contributed by atoms with Crippen molar-refractivity contribution in [3.05, 3.63) is 0 Å². The normalized spacial score (nSPS) is 21.9. The lowest BCUT2D eigenvalue weighted by Gasteiger charge is -2.39. The maximum absolute atomic E-state index is 12.3. The topological polar surface area (TPSA) is 60.4 Å². The van der Waals surface area contributed by atoms with Gasteiger partial charge in [-0.3, -0.25) is 9.89 Å². The van der Waals surface area contributed by atoms with Crippen molar-refractivity contribution in [2.24, 2.45) is 4.99 Å². The third kappa shape index (κ3) is 5.23. The number of likely N-dealkylation sites (N-methyl/N-ethyl adjacent to an activating group) is 1. The van der Waals surface area contributed by atoms with E-state index in [1.165, 1.54) is 0 Å². The highest BCUT2D eigenvalue weighted by Crippen LogP contribution is 2.18. The highest BCUT2D eigenvalue weighted by atomic mass is 16.6. The molecule has 7 nitrogen and oxygen atoms in total. The number of fused-ring (bicyclic) bond motifs is 1. The molecule has 2 unspecified atom stereocenters. The Kier molecular flexibility index (Phi) is 6.54.